The summed E-state index contributed by atoms with van der Waals surface area (Å²) in [4.78, 5) is 64.0. The normalized spacial score (nSPS) is 18.2. The van der Waals surface area contributed by atoms with Crippen LogP contribution in [0.2, 0.25) is 0 Å². The lowest BCUT2D eigenvalue weighted by Crippen LogP contribution is -2.66. The monoisotopic (exact) mass is 672 g/mol. The third-order valence-electron chi connectivity index (χ3n) is 8.70. The predicted molar refractivity (Wildman–Crippen MR) is 177 cm³/mol. The van der Waals surface area contributed by atoms with Gasteiger partial charge < -0.3 is 25.3 Å². The van der Waals surface area contributed by atoms with Gasteiger partial charge in [0.05, 0.1) is 28.8 Å². The molecular formula is C33H33FN8O5S. The molecule has 13 nitrogen and oxygen atoms in total. The maximum absolute atomic E-state index is 14.3. The highest BCUT2D eigenvalue weighted by Gasteiger charge is 2.52. The third kappa shape index (κ3) is 5.97. The predicted octanol–water partition coefficient (Wildman–Crippen LogP) is 3.41. The molecule has 0 bridgehead atoms. The molecule has 0 unspecified atom stereocenters. The minimum Gasteiger partial charge on any atom is -0.408 e. The SMILES string of the molecule is CCCN(C(=O)NCc1ccc(F)cc1)N1CC(=O)N2[C@@H](Cc3ccc4[nH]c(=O)oc4c3)C(=O)N(Cc3cccc4sc(N)nc34)C[C@@H]21. The van der Waals surface area contributed by atoms with E-state index in [0.29, 0.717) is 40.3 Å². The van der Waals surface area contributed by atoms with Gasteiger partial charge in [-0.2, -0.15) is 5.01 Å². The average molecular weight is 673 g/mol. The van der Waals surface area contributed by atoms with Gasteiger partial charge in [0.1, 0.15) is 18.0 Å². The van der Waals surface area contributed by atoms with Crippen molar-refractivity contribution in [3.63, 3.8) is 0 Å². The second-order valence-electron chi connectivity index (χ2n) is 11.9. The fourth-order valence-corrected chi connectivity index (χ4v) is 7.30. The number of piperazine rings is 1. The van der Waals surface area contributed by atoms with Gasteiger partial charge in [-0.3, -0.25) is 19.6 Å². The Kier molecular flexibility index (Phi) is 8.31. The lowest BCUT2D eigenvalue weighted by Gasteiger charge is -2.46. The van der Waals surface area contributed by atoms with E-state index >= 15 is 0 Å². The van der Waals surface area contributed by atoms with E-state index < -0.39 is 24.0 Å². The fraction of sp³-hybridized carbons (Fsp3) is 0.303. The Bertz CT molecular complexity index is 2080. The number of amides is 4. The van der Waals surface area contributed by atoms with E-state index in [9.17, 15) is 23.6 Å². The Morgan fingerprint density at radius 3 is 2.73 bits per heavy atom. The number of aromatic amines is 1. The molecule has 0 aliphatic carbocycles. The number of oxazole rings is 1. The summed E-state index contributed by atoms with van der Waals surface area (Å²) in [5.74, 6) is -1.49. The average Bonchev–Trinajstić information content (AvgIpc) is 3.74. The van der Waals surface area contributed by atoms with Crippen molar-refractivity contribution in [2.75, 3.05) is 25.4 Å². The summed E-state index contributed by atoms with van der Waals surface area (Å²) in [7, 11) is 0. The van der Waals surface area contributed by atoms with E-state index in [0.717, 1.165) is 15.8 Å². The van der Waals surface area contributed by atoms with Gasteiger partial charge in [0.2, 0.25) is 11.8 Å². The highest BCUT2D eigenvalue weighted by atomic mass is 32.1. The minimum atomic E-state index is -0.894. The lowest BCUT2D eigenvalue weighted by molar-refractivity contribution is -0.157. The lowest BCUT2D eigenvalue weighted by atomic mass is 9.99. The van der Waals surface area contributed by atoms with Gasteiger partial charge in [-0.1, -0.05) is 48.6 Å². The number of hydrogen-bond donors (Lipinski definition) is 3. The van der Waals surface area contributed by atoms with Gasteiger partial charge in [0.25, 0.3) is 0 Å². The van der Waals surface area contributed by atoms with E-state index in [-0.39, 0.29) is 50.2 Å². The van der Waals surface area contributed by atoms with Crippen molar-refractivity contribution < 1.29 is 23.2 Å². The van der Waals surface area contributed by atoms with E-state index in [2.05, 4.69) is 15.3 Å². The molecule has 2 saturated heterocycles. The first-order chi connectivity index (χ1) is 23.2. The van der Waals surface area contributed by atoms with Crippen LogP contribution in [-0.4, -0.2) is 79.5 Å². The standard InChI is InChI=1S/C33H33FN8O5S/c1-2-12-40(32(45)36-15-19-6-9-22(34)10-7-19)41-18-28(43)42-24(13-20-8-11-23-25(14-20)47-33(46)37-23)30(44)39(17-27(41)42)16-21-4-3-5-26-29(21)38-31(35)48-26/h3-11,14,24,27H,2,12-13,15-18H2,1H3,(H2,35,38)(H,36,45)(H,37,46)/t24-,27+/m0/s1. The number of carbonyl (C=O) groups is 3. The Morgan fingerprint density at radius 2 is 1.94 bits per heavy atom. The summed E-state index contributed by atoms with van der Waals surface area (Å²) in [5.41, 5.74) is 9.85. The van der Waals surface area contributed by atoms with Crippen molar-refractivity contribution in [1.29, 1.82) is 0 Å². The van der Waals surface area contributed by atoms with Crippen LogP contribution in [0.5, 0.6) is 0 Å². The molecule has 48 heavy (non-hydrogen) atoms. The zero-order valence-electron chi connectivity index (χ0n) is 26.0. The van der Waals surface area contributed by atoms with E-state index in [1.165, 1.54) is 28.5 Å². The maximum atomic E-state index is 14.3. The molecule has 4 amide bonds. The molecule has 0 radical (unpaired) electrons. The maximum Gasteiger partial charge on any atom is 0.417 e. The number of urea groups is 1. The zero-order chi connectivity index (χ0) is 33.5. The molecular weight excluding hydrogens is 639 g/mol. The summed E-state index contributed by atoms with van der Waals surface area (Å²) in [5, 5.41) is 6.58. The number of nitrogens with one attached hydrogen (secondary N) is 2. The molecule has 0 spiro atoms. The number of nitrogen functional groups attached to an aromatic ring is 1. The highest BCUT2D eigenvalue weighted by Crippen LogP contribution is 2.33. The summed E-state index contributed by atoms with van der Waals surface area (Å²) in [6.07, 6.45) is 0.133. The molecule has 0 saturated carbocycles. The molecule has 2 aliphatic heterocycles. The number of rotatable bonds is 9. The van der Waals surface area contributed by atoms with Crippen LogP contribution in [0.15, 0.2) is 69.9 Å². The summed E-state index contributed by atoms with van der Waals surface area (Å²) < 4.78 is 19.6. The van der Waals surface area contributed by atoms with Crippen LogP contribution >= 0.6 is 11.3 Å². The second kappa shape index (κ2) is 12.7. The molecule has 248 valence electrons. The number of carbonyl (C=O) groups excluding carboxylic acids is 3. The topological polar surface area (TPSA) is 161 Å². The second-order valence-corrected chi connectivity index (χ2v) is 12.9. The Hall–Kier alpha value is -5.28. The number of benzene rings is 3. The number of anilines is 1. The first kappa shape index (κ1) is 31.3. The molecule has 4 N–H and O–H groups in total. The van der Waals surface area contributed by atoms with Gasteiger partial charge in [-0.05, 0) is 53.4 Å². The third-order valence-corrected chi connectivity index (χ3v) is 9.55. The first-order valence-corrected chi connectivity index (χ1v) is 16.4. The minimum absolute atomic E-state index is 0.101. The molecule has 2 aliphatic rings. The van der Waals surface area contributed by atoms with Crippen molar-refractivity contribution in [2.45, 2.75) is 45.1 Å². The van der Waals surface area contributed by atoms with Crippen molar-refractivity contribution in [3.8, 4) is 0 Å². The van der Waals surface area contributed by atoms with Crippen LogP contribution in [0.25, 0.3) is 21.3 Å². The van der Waals surface area contributed by atoms with Gasteiger partial charge in [0, 0.05) is 26.1 Å². The number of halogens is 1. The largest absolute Gasteiger partial charge is 0.417 e. The van der Waals surface area contributed by atoms with Gasteiger partial charge >= 0.3 is 11.8 Å². The molecule has 15 heteroatoms. The van der Waals surface area contributed by atoms with Crippen LogP contribution in [0.4, 0.5) is 14.3 Å². The number of aromatic nitrogens is 2. The Labute approximate surface area is 277 Å². The number of hydrazine groups is 1. The summed E-state index contributed by atoms with van der Waals surface area (Å²) in [6, 6.07) is 15.5. The van der Waals surface area contributed by atoms with E-state index in [1.807, 2.05) is 25.1 Å². The first-order valence-electron chi connectivity index (χ1n) is 15.6. The van der Waals surface area contributed by atoms with E-state index in [1.54, 1.807) is 45.1 Å². The fourth-order valence-electron chi connectivity index (χ4n) is 6.52. The van der Waals surface area contributed by atoms with Gasteiger partial charge in [-0.25, -0.2) is 19.0 Å². The molecule has 2 aromatic heterocycles. The van der Waals surface area contributed by atoms with Gasteiger partial charge in [-0.15, -0.1) is 0 Å². The van der Waals surface area contributed by atoms with Crippen LogP contribution in [0.1, 0.15) is 30.0 Å². The quantitative estimate of drug-likeness (QED) is 0.215. The Balaban J connectivity index is 1.21. The summed E-state index contributed by atoms with van der Waals surface area (Å²) in [6.45, 7) is 2.70. The zero-order valence-corrected chi connectivity index (χ0v) is 26.8. The molecule has 4 heterocycles. The number of nitrogens with zero attached hydrogens (tertiary/aromatic N) is 5. The van der Waals surface area contributed by atoms with E-state index in [4.69, 9.17) is 10.2 Å². The molecule has 2 fully saturated rings. The number of H-pyrrole nitrogens is 1. The smallest absolute Gasteiger partial charge is 0.408 e. The van der Waals surface area contributed by atoms with Crippen molar-refractivity contribution >= 4 is 55.6 Å². The van der Waals surface area contributed by atoms with Gasteiger partial charge in [0.15, 0.2) is 10.7 Å². The number of nitrogens with two attached hydrogens (primary N) is 1. The van der Waals surface area contributed by atoms with Crippen molar-refractivity contribution in [1.82, 2.24) is 35.1 Å². The number of para-hydroxylation sites is 1. The Morgan fingerprint density at radius 1 is 1.15 bits per heavy atom. The molecule has 3 aromatic carbocycles. The van der Waals surface area contributed by atoms with Crippen LogP contribution in [-0.2, 0) is 29.1 Å². The number of fused-ring (bicyclic) bond motifs is 3. The van der Waals surface area contributed by atoms with Crippen molar-refractivity contribution in [3.05, 3.63) is 93.7 Å². The highest BCUT2D eigenvalue weighted by molar-refractivity contribution is 7.22. The summed E-state index contributed by atoms with van der Waals surface area (Å²) >= 11 is 1.37. The van der Waals surface area contributed by atoms with Crippen LogP contribution < -0.4 is 16.8 Å². The molecule has 5 aromatic rings. The van der Waals surface area contributed by atoms with Crippen LogP contribution in [0, 0.1) is 5.82 Å². The number of thiazole rings is 1. The molecule has 7 rings (SSSR count). The van der Waals surface area contributed by atoms with Crippen LogP contribution in [0.3, 0.4) is 0 Å². The van der Waals surface area contributed by atoms with Crippen molar-refractivity contribution in [2.24, 2.45) is 0 Å². The number of hydrogen-bond acceptors (Lipinski definition) is 9. The molecule has 2 atom stereocenters.